The van der Waals surface area contributed by atoms with Crippen molar-refractivity contribution in [2.45, 2.75) is 52.0 Å². The third-order valence-corrected chi connectivity index (χ3v) is 8.60. The number of carbonyl (C=O) groups excluding carboxylic acids is 2. The number of nitrogens with one attached hydrogen (secondary N) is 2. The van der Waals surface area contributed by atoms with Crippen LogP contribution in [0.25, 0.3) is 32.2 Å². The number of fused-ring (bicyclic) bond motifs is 2. The summed E-state index contributed by atoms with van der Waals surface area (Å²) in [5.41, 5.74) is 4.45. The van der Waals surface area contributed by atoms with Crippen LogP contribution in [-0.4, -0.2) is 26.8 Å². The number of hydrogen-bond acceptors (Lipinski definition) is 6. The molecular formula is C32H30FN5O2S. The molecule has 0 spiro atoms. The Kier molecular flexibility index (Phi) is 7.45. The van der Waals surface area contributed by atoms with Gasteiger partial charge in [0, 0.05) is 11.3 Å². The van der Waals surface area contributed by atoms with E-state index in [4.69, 9.17) is 0 Å². The zero-order valence-corrected chi connectivity index (χ0v) is 23.7. The second kappa shape index (κ2) is 11.3. The predicted octanol–water partition coefficient (Wildman–Crippen LogP) is 7.36. The van der Waals surface area contributed by atoms with Gasteiger partial charge in [0.25, 0.3) is 5.91 Å². The Bertz CT molecular complexity index is 1760. The third-order valence-electron chi connectivity index (χ3n) is 7.67. The van der Waals surface area contributed by atoms with Crippen molar-refractivity contribution in [2.24, 2.45) is 5.92 Å². The number of halogens is 1. The van der Waals surface area contributed by atoms with Crippen molar-refractivity contribution in [3.8, 4) is 11.1 Å². The lowest BCUT2D eigenvalue weighted by Crippen LogP contribution is -2.28. The summed E-state index contributed by atoms with van der Waals surface area (Å²) < 4.78 is 14.3. The first-order valence-electron chi connectivity index (χ1n) is 13.9. The molecule has 3 aromatic carbocycles. The molecule has 1 fully saturated rings. The molecule has 0 saturated heterocycles. The number of rotatable bonds is 6. The molecule has 0 aliphatic heterocycles. The fourth-order valence-electron chi connectivity index (χ4n) is 5.43. The summed E-state index contributed by atoms with van der Waals surface area (Å²) in [4.78, 5) is 39.8. The minimum Gasteiger partial charge on any atom is -0.344 e. The monoisotopic (exact) mass is 567 g/mol. The summed E-state index contributed by atoms with van der Waals surface area (Å²) in [5.74, 6) is -0.0215. The van der Waals surface area contributed by atoms with Crippen molar-refractivity contribution >= 4 is 49.4 Å². The van der Waals surface area contributed by atoms with E-state index >= 15 is 0 Å². The lowest BCUT2D eigenvalue weighted by atomic mass is 9.89. The first kappa shape index (κ1) is 27.0. The molecule has 2 heterocycles. The molecule has 1 aliphatic carbocycles. The lowest BCUT2D eigenvalue weighted by molar-refractivity contribution is -0.120. The number of amides is 2. The number of nitrogens with zero attached hydrogens (tertiary/aromatic N) is 3. The number of anilines is 1. The second-order valence-electron chi connectivity index (χ2n) is 10.6. The van der Waals surface area contributed by atoms with Crippen molar-refractivity contribution < 1.29 is 14.0 Å². The Morgan fingerprint density at radius 2 is 1.61 bits per heavy atom. The van der Waals surface area contributed by atoms with Crippen LogP contribution in [0.2, 0.25) is 0 Å². The maximum atomic E-state index is 13.4. The van der Waals surface area contributed by atoms with E-state index in [-0.39, 0.29) is 35.3 Å². The molecule has 9 heteroatoms. The van der Waals surface area contributed by atoms with Crippen LogP contribution in [0.1, 0.15) is 66.9 Å². The standard InChI is InChI=1S/C32H30FN5O2S/c1-18(20-8-12-24(33)13-9-20)34-31(40)29-25-16-22(10-14-26(25)35-19(2)36-29)23-11-15-27-28(17-23)41-32(37-27)38-30(39)21-6-4-3-5-7-21/h8-18,21H,3-7H2,1-2H3,(H,34,40)(H,37,38,39)/t18-/m0/s1. The quantitative estimate of drug-likeness (QED) is 0.223. The summed E-state index contributed by atoms with van der Waals surface area (Å²) in [6, 6.07) is 17.5. The topological polar surface area (TPSA) is 96.9 Å². The molecule has 1 saturated carbocycles. The second-order valence-corrected chi connectivity index (χ2v) is 11.7. The van der Waals surface area contributed by atoms with E-state index in [1.54, 1.807) is 19.1 Å². The number of aryl methyl sites for hydroxylation is 1. The highest BCUT2D eigenvalue weighted by Gasteiger charge is 2.22. The summed E-state index contributed by atoms with van der Waals surface area (Å²) in [7, 11) is 0. The maximum Gasteiger partial charge on any atom is 0.271 e. The zero-order chi connectivity index (χ0) is 28.5. The number of benzene rings is 3. The Balaban J connectivity index is 1.27. The fraction of sp³-hybridized carbons (Fsp3) is 0.281. The molecule has 2 aromatic heterocycles. The third kappa shape index (κ3) is 5.81. The van der Waals surface area contributed by atoms with Crippen LogP contribution in [0, 0.1) is 18.7 Å². The molecule has 0 bridgehead atoms. The summed E-state index contributed by atoms with van der Waals surface area (Å²) >= 11 is 1.46. The molecule has 5 aromatic rings. The Morgan fingerprint density at radius 1 is 0.902 bits per heavy atom. The number of carbonyl (C=O) groups is 2. The lowest BCUT2D eigenvalue weighted by Gasteiger charge is -2.19. The molecule has 0 radical (unpaired) electrons. The van der Waals surface area contributed by atoms with E-state index in [0.717, 1.165) is 52.6 Å². The van der Waals surface area contributed by atoms with Gasteiger partial charge in [0.05, 0.1) is 21.8 Å². The molecule has 2 N–H and O–H groups in total. The van der Waals surface area contributed by atoms with Crippen LogP contribution in [0.4, 0.5) is 9.52 Å². The van der Waals surface area contributed by atoms with Crippen molar-refractivity contribution in [3.05, 3.63) is 83.6 Å². The van der Waals surface area contributed by atoms with Gasteiger partial charge in [0.15, 0.2) is 5.13 Å². The van der Waals surface area contributed by atoms with Gasteiger partial charge in [-0.05, 0) is 79.8 Å². The molecule has 208 valence electrons. The maximum absolute atomic E-state index is 13.4. The van der Waals surface area contributed by atoms with Crippen LogP contribution in [0.15, 0.2) is 60.7 Å². The van der Waals surface area contributed by atoms with Gasteiger partial charge >= 0.3 is 0 Å². The first-order chi connectivity index (χ1) is 19.8. The van der Waals surface area contributed by atoms with E-state index < -0.39 is 0 Å². The van der Waals surface area contributed by atoms with E-state index in [1.165, 1.54) is 29.9 Å². The normalized spacial score (nSPS) is 14.7. The highest BCUT2D eigenvalue weighted by atomic mass is 32.1. The fourth-order valence-corrected chi connectivity index (χ4v) is 6.33. The molecule has 1 aliphatic rings. The van der Waals surface area contributed by atoms with Gasteiger partial charge < -0.3 is 10.6 Å². The van der Waals surface area contributed by atoms with Gasteiger partial charge in [-0.1, -0.05) is 54.9 Å². The van der Waals surface area contributed by atoms with Crippen molar-refractivity contribution in [1.29, 1.82) is 0 Å². The van der Waals surface area contributed by atoms with E-state index in [1.807, 2.05) is 37.3 Å². The van der Waals surface area contributed by atoms with Crippen LogP contribution in [0.5, 0.6) is 0 Å². The summed E-state index contributed by atoms with van der Waals surface area (Å²) in [5, 5.41) is 7.27. The van der Waals surface area contributed by atoms with Crippen LogP contribution >= 0.6 is 11.3 Å². The summed E-state index contributed by atoms with van der Waals surface area (Å²) in [6.07, 6.45) is 5.30. The van der Waals surface area contributed by atoms with E-state index in [9.17, 15) is 14.0 Å². The number of thiazole rings is 1. The van der Waals surface area contributed by atoms with Gasteiger partial charge in [-0.25, -0.2) is 19.3 Å². The van der Waals surface area contributed by atoms with E-state index in [2.05, 4.69) is 31.7 Å². The zero-order valence-electron chi connectivity index (χ0n) is 22.9. The predicted molar refractivity (Wildman–Crippen MR) is 160 cm³/mol. The van der Waals surface area contributed by atoms with Gasteiger partial charge in [0.1, 0.15) is 17.3 Å². The van der Waals surface area contributed by atoms with Crippen LogP contribution in [-0.2, 0) is 4.79 Å². The van der Waals surface area contributed by atoms with E-state index in [0.29, 0.717) is 21.9 Å². The largest absolute Gasteiger partial charge is 0.344 e. The Labute approximate surface area is 241 Å². The van der Waals surface area contributed by atoms with Crippen LogP contribution < -0.4 is 10.6 Å². The Morgan fingerprint density at radius 3 is 2.37 bits per heavy atom. The number of hydrogen-bond donors (Lipinski definition) is 2. The van der Waals surface area contributed by atoms with Crippen molar-refractivity contribution in [2.75, 3.05) is 5.32 Å². The average Bonchev–Trinajstić information content (AvgIpc) is 3.38. The molecule has 0 unspecified atom stereocenters. The molecule has 41 heavy (non-hydrogen) atoms. The molecule has 7 nitrogen and oxygen atoms in total. The molecular weight excluding hydrogens is 537 g/mol. The SMILES string of the molecule is Cc1nc(C(=O)N[C@@H](C)c2ccc(F)cc2)c2cc(-c3ccc4nc(NC(=O)C5CCCCC5)sc4c3)ccc2n1. The summed E-state index contributed by atoms with van der Waals surface area (Å²) in [6.45, 7) is 3.61. The average molecular weight is 568 g/mol. The molecule has 2 amide bonds. The number of aromatic nitrogens is 3. The van der Waals surface area contributed by atoms with Crippen molar-refractivity contribution in [1.82, 2.24) is 20.3 Å². The highest BCUT2D eigenvalue weighted by molar-refractivity contribution is 7.22. The van der Waals surface area contributed by atoms with Crippen molar-refractivity contribution in [3.63, 3.8) is 0 Å². The highest BCUT2D eigenvalue weighted by Crippen LogP contribution is 2.33. The van der Waals surface area contributed by atoms with Gasteiger partial charge in [0.2, 0.25) is 5.91 Å². The molecule has 6 rings (SSSR count). The minimum absolute atomic E-state index is 0.0633. The minimum atomic E-state index is -0.335. The van der Waals surface area contributed by atoms with Crippen LogP contribution in [0.3, 0.4) is 0 Å². The van der Waals surface area contributed by atoms with Gasteiger partial charge in [-0.15, -0.1) is 0 Å². The van der Waals surface area contributed by atoms with Gasteiger partial charge in [-0.3, -0.25) is 9.59 Å². The Hall–Kier alpha value is -4.24. The van der Waals surface area contributed by atoms with Gasteiger partial charge in [-0.2, -0.15) is 0 Å². The first-order valence-corrected chi connectivity index (χ1v) is 14.7. The smallest absolute Gasteiger partial charge is 0.271 e. The molecule has 1 atom stereocenters.